The second kappa shape index (κ2) is 13.9. The molecule has 34 heavy (non-hydrogen) atoms. The highest BCUT2D eigenvalue weighted by atomic mass is 19.1. The van der Waals surface area contributed by atoms with Gasteiger partial charge in [-0.05, 0) is 59.6 Å². The van der Waals surface area contributed by atoms with Gasteiger partial charge in [-0.15, -0.1) is 0 Å². The van der Waals surface area contributed by atoms with E-state index in [1.54, 1.807) is 0 Å². The lowest BCUT2D eigenvalue weighted by molar-refractivity contribution is 0.303. The Morgan fingerprint density at radius 2 is 1.38 bits per heavy atom. The van der Waals surface area contributed by atoms with Gasteiger partial charge in [-0.1, -0.05) is 108 Å². The van der Waals surface area contributed by atoms with Gasteiger partial charge in [0.2, 0.25) is 0 Å². The molecular formula is C32H41FO. The number of halogens is 1. The van der Waals surface area contributed by atoms with Gasteiger partial charge < -0.3 is 4.74 Å². The molecule has 0 N–H and O–H groups in total. The van der Waals surface area contributed by atoms with E-state index in [1.807, 2.05) is 24.3 Å². The summed E-state index contributed by atoms with van der Waals surface area (Å²) in [6.07, 6.45) is 10.9. The average Bonchev–Trinajstić information content (AvgIpc) is 2.87. The smallest absolute Gasteiger partial charge is 0.134 e. The van der Waals surface area contributed by atoms with Crippen LogP contribution in [0.15, 0.2) is 66.7 Å². The van der Waals surface area contributed by atoms with Gasteiger partial charge in [0.1, 0.15) is 11.6 Å². The first-order valence-electron chi connectivity index (χ1n) is 13.2. The Morgan fingerprint density at radius 1 is 0.735 bits per heavy atom. The van der Waals surface area contributed by atoms with Crippen molar-refractivity contribution in [3.63, 3.8) is 0 Å². The van der Waals surface area contributed by atoms with Crippen LogP contribution in [0.5, 0.6) is 5.75 Å². The Morgan fingerprint density at radius 3 is 2.03 bits per heavy atom. The van der Waals surface area contributed by atoms with E-state index in [0.717, 1.165) is 29.9 Å². The maximum atomic E-state index is 14.8. The quantitative estimate of drug-likeness (QED) is 0.217. The van der Waals surface area contributed by atoms with E-state index in [2.05, 4.69) is 57.2 Å². The monoisotopic (exact) mass is 460 g/mol. The highest BCUT2D eigenvalue weighted by molar-refractivity contribution is 5.71. The van der Waals surface area contributed by atoms with Gasteiger partial charge in [0.15, 0.2) is 0 Å². The molecule has 0 aliphatic carbocycles. The number of aryl methyl sites for hydroxylation is 1. The van der Waals surface area contributed by atoms with E-state index < -0.39 is 0 Å². The van der Waals surface area contributed by atoms with Gasteiger partial charge in [0, 0.05) is 11.6 Å². The molecule has 3 rings (SSSR count). The van der Waals surface area contributed by atoms with Crippen molar-refractivity contribution >= 4 is 0 Å². The summed E-state index contributed by atoms with van der Waals surface area (Å²) in [5, 5.41) is 0. The van der Waals surface area contributed by atoms with Crippen LogP contribution in [0.2, 0.25) is 0 Å². The zero-order valence-electron chi connectivity index (χ0n) is 21.3. The lowest BCUT2D eigenvalue weighted by Crippen LogP contribution is -1.98. The zero-order valence-corrected chi connectivity index (χ0v) is 21.3. The standard InChI is InChI=1S/C32H41FO/c1-4-6-7-8-9-23-34-30-21-22-31(32(33)24-30)29-19-17-28(18-20-29)27-15-13-26(14-16-27)12-10-11-25(3)5-2/h13-22,24-25H,4-12,23H2,1-3H3. The van der Waals surface area contributed by atoms with Gasteiger partial charge in [-0.3, -0.25) is 0 Å². The Kier molecular flexibility index (Phi) is 10.7. The lowest BCUT2D eigenvalue weighted by atomic mass is 9.97. The fraction of sp³-hybridized carbons (Fsp3) is 0.438. The largest absolute Gasteiger partial charge is 0.493 e. The Hall–Kier alpha value is -2.61. The van der Waals surface area contributed by atoms with Crippen LogP contribution in [0.1, 0.15) is 77.7 Å². The number of ether oxygens (including phenoxy) is 1. The van der Waals surface area contributed by atoms with Crippen LogP contribution in [-0.4, -0.2) is 6.61 Å². The van der Waals surface area contributed by atoms with Crippen LogP contribution in [0.3, 0.4) is 0 Å². The molecule has 1 unspecified atom stereocenters. The molecule has 1 nitrogen and oxygen atoms in total. The predicted molar refractivity (Wildman–Crippen MR) is 144 cm³/mol. The molecule has 182 valence electrons. The van der Waals surface area contributed by atoms with Crippen molar-refractivity contribution in [2.75, 3.05) is 6.61 Å². The Bertz CT molecular complexity index is 975. The number of hydrogen-bond acceptors (Lipinski definition) is 1. The minimum atomic E-state index is -0.238. The zero-order chi connectivity index (χ0) is 24.2. The summed E-state index contributed by atoms with van der Waals surface area (Å²) in [5.74, 6) is 1.18. The van der Waals surface area contributed by atoms with Gasteiger partial charge in [0.25, 0.3) is 0 Å². The van der Waals surface area contributed by atoms with E-state index in [9.17, 15) is 4.39 Å². The van der Waals surface area contributed by atoms with Gasteiger partial charge in [-0.2, -0.15) is 0 Å². The third-order valence-corrected chi connectivity index (χ3v) is 6.80. The summed E-state index contributed by atoms with van der Waals surface area (Å²) in [7, 11) is 0. The van der Waals surface area contributed by atoms with Gasteiger partial charge in [-0.25, -0.2) is 4.39 Å². The summed E-state index contributed by atoms with van der Waals surface area (Å²) in [6.45, 7) is 7.45. The first-order chi connectivity index (χ1) is 16.6. The van der Waals surface area contributed by atoms with Crippen LogP contribution in [0.4, 0.5) is 4.39 Å². The maximum Gasteiger partial charge on any atom is 0.134 e. The molecule has 0 heterocycles. The summed E-state index contributed by atoms with van der Waals surface area (Å²) < 4.78 is 20.5. The summed E-state index contributed by atoms with van der Waals surface area (Å²) >= 11 is 0. The molecule has 1 atom stereocenters. The van der Waals surface area contributed by atoms with Crippen LogP contribution < -0.4 is 4.74 Å². The molecular weight excluding hydrogens is 419 g/mol. The van der Waals surface area contributed by atoms with Gasteiger partial charge >= 0.3 is 0 Å². The minimum absolute atomic E-state index is 0.238. The van der Waals surface area contributed by atoms with Crippen molar-refractivity contribution in [1.82, 2.24) is 0 Å². The number of rotatable bonds is 14. The summed E-state index contributed by atoms with van der Waals surface area (Å²) in [6, 6.07) is 22.2. The average molecular weight is 461 g/mol. The van der Waals surface area contributed by atoms with Crippen LogP contribution in [0.25, 0.3) is 22.3 Å². The molecule has 0 radical (unpaired) electrons. The number of unbranched alkanes of at least 4 members (excludes halogenated alkanes) is 4. The van der Waals surface area contributed by atoms with Crippen LogP contribution in [-0.2, 0) is 6.42 Å². The molecule has 3 aromatic carbocycles. The first-order valence-corrected chi connectivity index (χ1v) is 13.2. The van der Waals surface area contributed by atoms with Crippen molar-refractivity contribution in [3.8, 4) is 28.0 Å². The van der Waals surface area contributed by atoms with E-state index in [4.69, 9.17) is 4.74 Å². The van der Waals surface area contributed by atoms with Crippen molar-refractivity contribution in [2.24, 2.45) is 5.92 Å². The molecule has 0 bridgehead atoms. The highest BCUT2D eigenvalue weighted by Crippen LogP contribution is 2.29. The second-order valence-electron chi connectivity index (χ2n) is 9.58. The Balaban J connectivity index is 1.55. The molecule has 0 fully saturated rings. The van der Waals surface area contributed by atoms with Crippen LogP contribution >= 0.6 is 0 Å². The van der Waals surface area contributed by atoms with Crippen molar-refractivity contribution in [3.05, 3.63) is 78.1 Å². The summed E-state index contributed by atoms with van der Waals surface area (Å²) in [5.41, 5.74) is 5.24. The Labute approximate surface area is 206 Å². The highest BCUT2D eigenvalue weighted by Gasteiger charge is 2.08. The molecule has 0 saturated heterocycles. The van der Waals surface area contributed by atoms with E-state index >= 15 is 0 Å². The van der Waals surface area contributed by atoms with Crippen molar-refractivity contribution < 1.29 is 9.13 Å². The molecule has 0 aromatic heterocycles. The summed E-state index contributed by atoms with van der Waals surface area (Å²) in [4.78, 5) is 0. The molecule has 0 aliphatic heterocycles. The molecule has 0 saturated carbocycles. The number of hydrogen-bond donors (Lipinski definition) is 0. The van der Waals surface area contributed by atoms with Crippen molar-refractivity contribution in [2.45, 2.75) is 78.6 Å². The SMILES string of the molecule is CCCCCCCOc1ccc(-c2ccc(-c3ccc(CCCC(C)CC)cc3)cc2)c(F)c1. The predicted octanol–water partition coefficient (Wildman–Crippen LogP) is 9.88. The first kappa shape index (κ1) is 26.0. The van der Waals surface area contributed by atoms with Gasteiger partial charge in [0.05, 0.1) is 6.61 Å². The van der Waals surface area contributed by atoms with Crippen LogP contribution in [0, 0.1) is 11.7 Å². The molecule has 3 aromatic rings. The third-order valence-electron chi connectivity index (χ3n) is 6.80. The third kappa shape index (κ3) is 8.01. The number of benzene rings is 3. The topological polar surface area (TPSA) is 9.23 Å². The van der Waals surface area contributed by atoms with E-state index in [1.165, 1.54) is 62.1 Å². The molecule has 2 heteroatoms. The molecule has 0 spiro atoms. The lowest BCUT2D eigenvalue weighted by Gasteiger charge is -2.10. The fourth-order valence-electron chi connectivity index (χ4n) is 4.28. The van der Waals surface area contributed by atoms with Crippen molar-refractivity contribution in [1.29, 1.82) is 0 Å². The maximum absolute atomic E-state index is 14.8. The fourth-order valence-corrected chi connectivity index (χ4v) is 4.28. The minimum Gasteiger partial charge on any atom is -0.493 e. The van der Waals surface area contributed by atoms with E-state index in [0.29, 0.717) is 17.9 Å². The normalized spacial score (nSPS) is 12.0. The molecule has 0 aliphatic rings. The second-order valence-corrected chi connectivity index (χ2v) is 9.58. The van der Waals surface area contributed by atoms with E-state index in [-0.39, 0.29) is 5.82 Å². The molecule has 0 amide bonds.